The Morgan fingerprint density at radius 1 is 1.30 bits per heavy atom. The summed E-state index contributed by atoms with van der Waals surface area (Å²) in [4.78, 5) is 2.80. The topological polar surface area (TPSA) is 55.6 Å². The van der Waals surface area contributed by atoms with E-state index in [-0.39, 0.29) is 0 Å². The number of rotatable bonds is 7. The van der Waals surface area contributed by atoms with Gasteiger partial charge in [-0.2, -0.15) is 4.80 Å². The van der Waals surface area contributed by atoms with Gasteiger partial charge in [-0.05, 0) is 30.8 Å². The van der Waals surface area contributed by atoms with Crippen molar-refractivity contribution in [3.05, 3.63) is 35.7 Å². The number of hydrogen-bond donors (Lipinski definition) is 1. The highest BCUT2D eigenvalue weighted by Crippen LogP contribution is 2.19. The number of nitrogens with one attached hydrogen (secondary N) is 1. The Hall–Kier alpha value is -1.40. The smallest absolute Gasteiger partial charge is 0.176 e. The van der Waals surface area contributed by atoms with E-state index in [0.717, 1.165) is 24.5 Å². The molecule has 108 valence electrons. The molecule has 2 aromatic rings. The molecule has 2 rings (SSSR count). The number of aryl methyl sites for hydroxylation is 2. The van der Waals surface area contributed by atoms with E-state index >= 15 is 0 Å². The second kappa shape index (κ2) is 7.40. The zero-order valence-electron chi connectivity index (χ0n) is 12.2. The normalized spacial score (nSPS) is 12.6. The van der Waals surface area contributed by atoms with Crippen molar-refractivity contribution in [2.24, 2.45) is 7.05 Å². The van der Waals surface area contributed by atoms with Crippen LogP contribution in [0.15, 0.2) is 29.2 Å². The van der Waals surface area contributed by atoms with Gasteiger partial charge in [-0.25, -0.2) is 0 Å². The monoisotopic (exact) mass is 291 g/mol. The first-order valence-corrected chi connectivity index (χ1v) is 7.81. The minimum atomic E-state index is 0.357. The van der Waals surface area contributed by atoms with Crippen molar-refractivity contribution < 1.29 is 0 Å². The standard InChI is InChI=1S/C14H21N5S/c1-4-15-12(9-14-16-18-19(3)17-14)10-20-13-7-5-11(2)6-8-13/h5-8,12,15H,4,9-10H2,1-3H3. The minimum absolute atomic E-state index is 0.357. The number of likely N-dealkylation sites (N-methyl/N-ethyl adjacent to an activating group) is 1. The number of benzene rings is 1. The van der Waals surface area contributed by atoms with Crippen molar-refractivity contribution >= 4 is 11.8 Å². The summed E-state index contributed by atoms with van der Waals surface area (Å²) in [5, 5.41) is 15.7. The van der Waals surface area contributed by atoms with Gasteiger partial charge in [-0.3, -0.25) is 0 Å². The fraction of sp³-hybridized carbons (Fsp3) is 0.500. The summed E-state index contributed by atoms with van der Waals surface area (Å²) in [7, 11) is 1.79. The molecular weight excluding hydrogens is 270 g/mol. The van der Waals surface area contributed by atoms with E-state index in [9.17, 15) is 0 Å². The third-order valence-corrected chi connectivity index (χ3v) is 4.12. The molecule has 0 aliphatic carbocycles. The average Bonchev–Trinajstić information content (AvgIpc) is 2.83. The van der Waals surface area contributed by atoms with Gasteiger partial charge >= 0.3 is 0 Å². The summed E-state index contributed by atoms with van der Waals surface area (Å²) < 4.78 is 0. The lowest BCUT2D eigenvalue weighted by Crippen LogP contribution is -2.33. The van der Waals surface area contributed by atoms with Gasteiger partial charge in [0, 0.05) is 23.1 Å². The summed E-state index contributed by atoms with van der Waals surface area (Å²) in [6.07, 6.45) is 0.806. The number of hydrogen-bond acceptors (Lipinski definition) is 5. The molecule has 0 saturated heterocycles. The van der Waals surface area contributed by atoms with Crippen molar-refractivity contribution in [3.8, 4) is 0 Å². The predicted molar refractivity (Wildman–Crippen MR) is 81.9 cm³/mol. The third-order valence-electron chi connectivity index (χ3n) is 2.94. The molecule has 1 atom stereocenters. The summed E-state index contributed by atoms with van der Waals surface area (Å²) in [6, 6.07) is 8.99. The van der Waals surface area contributed by atoms with Crippen molar-refractivity contribution in [3.63, 3.8) is 0 Å². The van der Waals surface area contributed by atoms with Crippen LogP contribution in [0.2, 0.25) is 0 Å². The molecule has 0 aliphatic rings. The van der Waals surface area contributed by atoms with E-state index in [1.807, 2.05) is 11.8 Å². The summed E-state index contributed by atoms with van der Waals surface area (Å²) in [5.74, 6) is 1.79. The molecule has 1 aromatic heterocycles. The van der Waals surface area contributed by atoms with E-state index < -0.39 is 0 Å². The molecule has 1 aromatic carbocycles. The van der Waals surface area contributed by atoms with Crippen molar-refractivity contribution in [2.75, 3.05) is 12.3 Å². The van der Waals surface area contributed by atoms with Crippen molar-refractivity contribution in [1.82, 2.24) is 25.5 Å². The molecule has 0 aliphatic heterocycles. The molecule has 0 saturated carbocycles. The van der Waals surface area contributed by atoms with Gasteiger partial charge in [0.2, 0.25) is 0 Å². The molecule has 0 fully saturated rings. The van der Waals surface area contributed by atoms with E-state index in [0.29, 0.717) is 6.04 Å². The number of thioether (sulfide) groups is 1. The van der Waals surface area contributed by atoms with Gasteiger partial charge in [0.1, 0.15) is 0 Å². The van der Waals surface area contributed by atoms with Gasteiger partial charge in [0.15, 0.2) is 5.82 Å². The Morgan fingerprint density at radius 2 is 2.05 bits per heavy atom. The van der Waals surface area contributed by atoms with Gasteiger partial charge in [0.05, 0.1) is 7.05 Å². The summed E-state index contributed by atoms with van der Waals surface area (Å²) in [6.45, 7) is 5.17. The zero-order valence-corrected chi connectivity index (χ0v) is 13.0. The Labute approximate surface area is 124 Å². The number of tetrazole rings is 1. The molecule has 1 unspecified atom stereocenters. The van der Waals surface area contributed by atoms with Crippen LogP contribution in [0, 0.1) is 6.92 Å². The molecular formula is C14H21N5S. The van der Waals surface area contributed by atoms with Crippen LogP contribution in [0.5, 0.6) is 0 Å². The fourth-order valence-corrected chi connectivity index (χ4v) is 2.89. The predicted octanol–water partition coefficient (Wildman–Crippen LogP) is 1.83. The molecule has 0 spiro atoms. The number of nitrogens with zero attached hydrogens (tertiary/aromatic N) is 4. The minimum Gasteiger partial charge on any atom is -0.313 e. The second-order valence-corrected chi connectivity index (χ2v) is 5.87. The highest BCUT2D eigenvalue weighted by molar-refractivity contribution is 7.99. The molecule has 0 amide bonds. The molecule has 5 nitrogen and oxygen atoms in total. The summed E-state index contributed by atoms with van der Waals surface area (Å²) >= 11 is 1.86. The van der Waals surface area contributed by atoms with Crippen molar-refractivity contribution in [1.29, 1.82) is 0 Å². The maximum atomic E-state index is 4.24. The summed E-state index contributed by atoms with van der Waals surface area (Å²) in [5.41, 5.74) is 1.29. The van der Waals surface area contributed by atoms with Crippen LogP contribution in [0.3, 0.4) is 0 Å². The van der Waals surface area contributed by atoms with E-state index in [1.54, 1.807) is 7.05 Å². The van der Waals surface area contributed by atoms with Crippen LogP contribution in [-0.4, -0.2) is 38.5 Å². The quantitative estimate of drug-likeness (QED) is 0.789. The molecule has 0 bridgehead atoms. The second-order valence-electron chi connectivity index (χ2n) is 4.78. The Balaban J connectivity index is 1.90. The lowest BCUT2D eigenvalue weighted by atomic mass is 10.2. The van der Waals surface area contributed by atoms with Crippen LogP contribution >= 0.6 is 11.8 Å². The highest BCUT2D eigenvalue weighted by atomic mass is 32.2. The molecule has 6 heteroatoms. The molecule has 20 heavy (non-hydrogen) atoms. The Morgan fingerprint density at radius 3 is 2.65 bits per heavy atom. The SMILES string of the molecule is CCNC(CSc1ccc(C)cc1)Cc1nnn(C)n1. The van der Waals surface area contributed by atoms with E-state index in [2.05, 4.69) is 58.8 Å². The maximum absolute atomic E-state index is 4.24. The maximum Gasteiger partial charge on any atom is 0.176 e. The third kappa shape index (κ3) is 4.61. The average molecular weight is 291 g/mol. The highest BCUT2D eigenvalue weighted by Gasteiger charge is 2.12. The van der Waals surface area contributed by atoms with E-state index in [4.69, 9.17) is 0 Å². The van der Waals surface area contributed by atoms with Crippen LogP contribution in [0.1, 0.15) is 18.3 Å². The van der Waals surface area contributed by atoms with E-state index in [1.165, 1.54) is 15.3 Å². The first-order chi connectivity index (χ1) is 9.67. The molecule has 1 heterocycles. The van der Waals surface area contributed by atoms with Gasteiger partial charge in [-0.15, -0.1) is 22.0 Å². The van der Waals surface area contributed by atoms with Crippen LogP contribution in [-0.2, 0) is 13.5 Å². The van der Waals surface area contributed by atoms with Crippen molar-refractivity contribution in [2.45, 2.75) is 31.2 Å². The Bertz CT molecular complexity index is 523. The van der Waals surface area contributed by atoms with Crippen LogP contribution in [0.25, 0.3) is 0 Å². The lowest BCUT2D eigenvalue weighted by Gasteiger charge is -2.15. The van der Waals surface area contributed by atoms with Gasteiger partial charge < -0.3 is 5.32 Å². The fourth-order valence-electron chi connectivity index (χ4n) is 1.94. The van der Waals surface area contributed by atoms with Gasteiger partial charge in [-0.1, -0.05) is 24.6 Å². The first-order valence-electron chi connectivity index (χ1n) is 6.83. The molecule has 0 radical (unpaired) electrons. The van der Waals surface area contributed by atoms with Crippen LogP contribution in [0.4, 0.5) is 0 Å². The Kier molecular flexibility index (Phi) is 5.55. The van der Waals surface area contributed by atoms with Gasteiger partial charge in [0.25, 0.3) is 0 Å². The first kappa shape index (κ1) is 15.0. The lowest BCUT2D eigenvalue weighted by molar-refractivity contribution is 0.556. The largest absolute Gasteiger partial charge is 0.313 e. The number of aromatic nitrogens is 4. The zero-order chi connectivity index (χ0) is 14.4. The van der Waals surface area contributed by atoms with Crippen LogP contribution < -0.4 is 5.32 Å². The molecule has 1 N–H and O–H groups in total.